The zero-order valence-corrected chi connectivity index (χ0v) is 11.0. The van der Waals surface area contributed by atoms with Crippen molar-refractivity contribution in [3.05, 3.63) is 35.4 Å². The van der Waals surface area contributed by atoms with E-state index in [1.165, 1.54) is 0 Å². The Kier molecular flexibility index (Phi) is 4.34. The van der Waals surface area contributed by atoms with Gasteiger partial charge in [-0.25, -0.2) is 0 Å². The molecular formula is C14H17N3O3. The molecule has 0 saturated carbocycles. The van der Waals surface area contributed by atoms with Crippen molar-refractivity contribution in [3.8, 4) is 0 Å². The van der Waals surface area contributed by atoms with Crippen LogP contribution < -0.4 is 16.4 Å². The average Bonchev–Trinajstić information content (AvgIpc) is 2.82. The van der Waals surface area contributed by atoms with Gasteiger partial charge in [0, 0.05) is 18.5 Å². The third-order valence-electron chi connectivity index (χ3n) is 3.29. The molecule has 1 aromatic carbocycles. The highest BCUT2D eigenvalue weighted by atomic mass is 16.2. The molecule has 1 aliphatic heterocycles. The first-order valence-corrected chi connectivity index (χ1v) is 6.52. The molecular weight excluding hydrogens is 258 g/mol. The van der Waals surface area contributed by atoms with E-state index in [0.29, 0.717) is 24.9 Å². The minimum atomic E-state index is -0.504. The highest BCUT2D eigenvalue weighted by molar-refractivity contribution is 5.94. The summed E-state index contributed by atoms with van der Waals surface area (Å²) in [5.74, 6) is -0.849. The number of aryl methyl sites for hydroxylation is 1. The van der Waals surface area contributed by atoms with Gasteiger partial charge in [-0.05, 0) is 24.5 Å². The number of benzene rings is 1. The molecule has 1 saturated heterocycles. The molecule has 2 rings (SSSR count). The molecule has 20 heavy (non-hydrogen) atoms. The third-order valence-corrected chi connectivity index (χ3v) is 3.29. The molecule has 0 spiro atoms. The van der Waals surface area contributed by atoms with Crippen LogP contribution in [0.25, 0.3) is 0 Å². The van der Waals surface area contributed by atoms with Crippen LogP contribution in [-0.4, -0.2) is 30.3 Å². The van der Waals surface area contributed by atoms with Crippen molar-refractivity contribution < 1.29 is 14.4 Å². The van der Waals surface area contributed by atoms with Crippen LogP contribution in [0, 0.1) is 0 Å². The van der Waals surface area contributed by atoms with Crippen molar-refractivity contribution in [1.82, 2.24) is 10.6 Å². The molecule has 6 heteroatoms. The molecule has 1 aromatic rings. The van der Waals surface area contributed by atoms with Crippen LogP contribution in [0.5, 0.6) is 0 Å². The molecule has 0 unspecified atom stereocenters. The van der Waals surface area contributed by atoms with Gasteiger partial charge in [-0.2, -0.15) is 0 Å². The molecule has 0 aromatic heterocycles. The number of nitrogens with one attached hydrogen (secondary N) is 2. The number of hydrogen-bond acceptors (Lipinski definition) is 3. The molecule has 1 fully saturated rings. The molecule has 1 heterocycles. The van der Waals surface area contributed by atoms with Crippen LogP contribution in [0.15, 0.2) is 24.3 Å². The molecule has 106 valence electrons. The number of nitrogens with two attached hydrogens (primary N) is 1. The Morgan fingerprint density at radius 2 is 2.10 bits per heavy atom. The number of rotatable bonds is 5. The zero-order chi connectivity index (χ0) is 14.5. The highest BCUT2D eigenvalue weighted by Crippen LogP contribution is 2.11. The molecule has 3 amide bonds. The Hall–Kier alpha value is -2.37. The van der Waals surface area contributed by atoms with E-state index in [1.807, 2.05) is 0 Å². The normalized spacial score (nSPS) is 17.6. The lowest BCUT2D eigenvalue weighted by atomic mass is 10.0. The molecule has 4 N–H and O–H groups in total. The number of carbonyl (C=O) groups is 3. The second-order valence-electron chi connectivity index (χ2n) is 4.72. The fourth-order valence-electron chi connectivity index (χ4n) is 2.23. The third kappa shape index (κ3) is 3.34. The van der Waals surface area contributed by atoms with Gasteiger partial charge in [-0.1, -0.05) is 18.2 Å². The summed E-state index contributed by atoms with van der Waals surface area (Å²) in [6.07, 6.45) is 1.25. The summed E-state index contributed by atoms with van der Waals surface area (Å²) in [6.45, 7) is 0.592. The fraction of sp³-hybridized carbons (Fsp3) is 0.357. The van der Waals surface area contributed by atoms with Gasteiger partial charge in [0.05, 0.1) is 0 Å². The number of primary amides is 1. The van der Waals surface area contributed by atoms with Gasteiger partial charge in [0.1, 0.15) is 6.04 Å². The van der Waals surface area contributed by atoms with Crippen LogP contribution in [0.3, 0.4) is 0 Å². The predicted octanol–water partition coefficient (Wildman–Crippen LogP) is -0.277. The monoisotopic (exact) mass is 275 g/mol. The lowest BCUT2D eigenvalue weighted by Gasteiger charge is -2.10. The number of hydrogen-bond donors (Lipinski definition) is 3. The summed E-state index contributed by atoms with van der Waals surface area (Å²) >= 11 is 0. The van der Waals surface area contributed by atoms with Gasteiger partial charge in [-0.15, -0.1) is 0 Å². The maximum absolute atomic E-state index is 11.8. The van der Waals surface area contributed by atoms with E-state index in [4.69, 9.17) is 5.73 Å². The van der Waals surface area contributed by atoms with E-state index in [-0.39, 0.29) is 18.2 Å². The highest BCUT2D eigenvalue weighted by Gasteiger charge is 2.25. The second kappa shape index (κ2) is 6.18. The van der Waals surface area contributed by atoms with Gasteiger partial charge in [-0.3, -0.25) is 14.4 Å². The zero-order valence-electron chi connectivity index (χ0n) is 11.0. The average molecular weight is 275 g/mol. The molecule has 0 radical (unpaired) electrons. The largest absolute Gasteiger partial charge is 0.366 e. The summed E-state index contributed by atoms with van der Waals surface area (Å²) in [5.41, 5.74) is 6.45. The van der Waals surface area contributed by atoms with Crippen molar-refractivity contribution in [2.45, 2.75) is 25.3 Å². The summed E-state index contributed by atoms with van der Waals surface area (Å²) in [4.78, 5) is 34.4. The maximum atomic E-state index is 11.8. The first-order valence-electron chi connectivity index (χ1n) is 6.52. The minimum absolute atomic E-state index is 0.143. The fourth-order valence-corrected chi connectivity index (χ4v) is 2.23. The molecule has 6 nitrogen and oxygen atoms in total. The van der Waals surface area contributed by atoms with Crippen molar-refractivity contribution in [2.75, 3.05) is 6.54 Å². The van der Waals surface area contributed by atoms with E-state index >= 15 is 0 Å². The Bertz CT molecular complexity index is 542. The van der Waals surface area contributed by atoms with E-state index in [0.717, 1.165) is 5.56 Å². The SMILES string of the molecule is NC(=O)c1ccccc1CCC(=O)N[C@H]1CCNC1=O. The molecule has 1 atom stereocenters. The van der Waals surface area contributed by atoms with Crippen LogP contribution in [0.4, 0.5) is 0 Å². The van der Waals surface area contributed by atoms with Crippen molar-refractivity contribution in [2.24, 2.45) is 5.73 Å². The van der Waals surface area contributed by atoms with Gasteiger partial charge in [0.15, 0.2) is 0 Å². The summed E-state index contributed by atoms with van der Waals surface area (Å²) in [6, 6.07) is 6.50. The molecule has 0 aliphatic carbocycles. The smallest absolute Gasteiger partial charge is 0.248 e. The number of amides is 3. The standard InChI is InChI=1S/C14H17N3O3/c15-13(19)10-4-2-1-3-9(10)5-6-12(18)17-11-7-8-16-14(11)20/h1-4,11H,5-8H2,(H2,15,19)(H,16,20)(H,17,18)/t11-/m0/s1. The van der Waals surface area contributed by atoms with Crippen LogP contribution in [0.1, 0.15) is 28.8 Å². The van der Waals surface area contributed by atoms with Crippen molar-refractivity contribution in [3.63, 3.8) is 0 Å². The lowest BCUT2D eigenvalue weighted by molar-refractivity contribution is -0.127. The summed E-state index contributed by atoms with van der Waals surface area (Å²) in [7, 11) is 0. The van der Waals surface area contributed by atoms with Crippen LogP contribution >= 0.6 is 0 Å². The van der Waals surface area contributed by atoms with Crippen molar-refractivity contribution >= 4 is 17.7 Å². The van der Waals surface area contributed by atoms with E-state index in [2.05, 4.69) is 10.6 Å². The summed E-state index contributed by atoms with van der Waals surface area (Å²) in [5, 5.41) is 5.34. The molecule has 0 bridgehead atoms. The van der Waals surface area contributed by atoms with E-state index < -0.39 is 11.9 Å². The van der Waals surface area contributed by atoms with Gasteiger partial charge in [0.25, 0.3) is 0 Å². The van der Waals surface area contributed by atoms with Crippen LogP contribution in [0.2, 0.25) is 0 Å². The maximum Gasteiger partial charge on any atom is 0.248 e. The molecule has 1 aliphatic rings. The summed E-state index contributed by atoms with van der Waals surface area (Å²) < 4.78 is 0. The Morgan fingerprint density at radius 1 is 1.35 bits per heavy atom. The Labute approximate surface area is 116 Å². The lowest BCUT2D eigenvalue weighted by Crippen LogP contribution is -2.40. The Balaban J connectivity index is 1.90. The van der Waals surface area contributed by atoms with Gasteiger partial charge in [0.2, 0.25) is 17.7 Å². The Morgan fingerprint density at radius 3 is 2.75 bits per heavy atom. The number of carbonyl (C=O) groups excluding carboxylic acids is 3. The first kappa shape index (κ1) is 14.0. The van der Waals surface area contributed by atoms with Gasteiger partial charge < -0.3 is 16.4 Å². The van der Waals surface area contributed by atoms with E-state index in [9.17, 15) is 14.4 Å². The minimum Gasteiger partial charge on any atom is -0.366 e. The first-order chi connectivity index (χ1) is 9.58. The van der Waals surface area contributed by atoms with Crippen molar-refractivity contribution in [1.29, 1.82) is 0 Å². The van der Waals surface area contributed by atoms with Crippen LogP contribution in [-0.2, 0) is 16.0 Å². The second-order valence-corrected chi connectivity index (χ2v) is 4.72. The predicted molar refractivity (Wildman–Crippen MR) is 72.8 cm³/mol. The van der Waals surface area contributed by atoms with Gasteiger partial charge >= 0.3 is 0 Å². The van der Waals surface area contributed by atoms with E-state index in [1.54, 1.807) is 24.3 Å². The topological polar surface area (TPSA) is 101 Å². The quantitative estimate of drug-likeness (QED) is 0.689.